The Morgan fingerprint density at radius 1 is 1.38 bits per heavy atom. The monoisotopic (exact) mass is 187 g/mol. The summed E-state index contributed by atoms with van der Waals surface area (Å²) >= 11 is 0. The van der Waals surface area contributed by atoms with E-state index in [0.717, 1.165) is 12.8 Å². The zero-order valence-corrected chi connectivity index (χ0v) is 9.09. The lowest BCUT2D eigenvalue weighted by Crippen LogP contribution is -2.35. The van der Waals surface area contributed by atoms with Gasteiger partial charge in [-0.3, -0.25) is 4.79 Å². The Balaban J connectivity index is 3.53. The summed E-state index contributed by atoms with van der Waals surface area (Å²) in [6, 6.07) is 0. The van der Waals surface area contributed by atoms with Gasteiger partial charge in [0.15, 0.2) is 0 Å². The fraction of sp³-hybridized carbons (Fsp3) is 0.900. The predicted molar refractivity (Wildman–Crippen MR) is 53.4 cm³/mol. The molecule has 0 heterocycles. The number of hydrogen-bond acceptors (Lipinski definition) is 2. The second-order valence-corrected chi connectivity index (χ2v) is 3.50. The second-order valence-electron chi connectivity index (χ2n) is 3.50. The first-order valence-corrected chi connectivity index (χ1v) is 5.01. The molecular formula is C10H21NO2. The number of amides is 1. The van der Waals surface area contributed by atoms with Crippen molar-refractivity contribution in [3.8, 4) is 0 Å². The van der Waals surface area contributed by atoms with E-state index in [2.05, 4.69) is 12.2 Å². The number of carbonyl (C=O) groups excluding carboxylic acids is 1. The molecule has 0 radical (unpaired) electrons. The van der Waals surface area contributed by atoms with E-state index in [-0.39, 0.29) is 18.2 Å². The Morgan fingerprint density at radius 2 is 2.00 bits per heavy atom. The van der Waals surface area contributed by atoms with Crippen molar-refractivity contribution in [3.63, 3.8) is 0 Å². The largest absolute Gasteiger partial charge is 0.356 e. The molecule has 0 aromatic carbocycles. The molecule has 0 bridgehead atoms. The highest BCUT2D eigenvalue weighted by atomic mass is 16.5. The maximum atomic E-state index is 11.2. The van der Waals surface area contributed by atoms with Crippen LogP contribution >= 0.6 is 0 Å². The summed E-state index contributed by atoms with van der Waals surface area (Å²) in [5.74, 6) is 0.0787. The maximum absolute atomic E-state index is 11.2. The third kappa shape index (κ3) is 7.78. The predicted octanol–water partition coefficient (Wildman–Crippen LogP) is 2.06. The van der Waals surface area contributed by atoms with Gasteiger partial charge >= 0.3 is 0 Å². The Kier molecular flexibility index (Phi) is 6.59. The van der Waals surface area contributed by atoms with Gasteiger partial charge in [-0.25, -0.2) is 0 Å². The van der Waals surface area contributed by atoms with Crippen molar-refractivity contribution in [1.29, 1.82) is 0 Å². The van der Waals surface area contributed by atoms with E-state index in [0.29, 0.717) is 6.42 Å². The zero-order valence-electron chi connectivity index (χ0n) is 9.09. The summed E-state index contributed by atoms with van der Waals surface area (Å²) in [5.41, 5.74) is 0. The summed E-state index contributed by atoms with van der Waals surface area (Å²) in [4.78, 5) is 11.2. The summed E-state index contributed by atoms with van der Waals surface area (Å²) in [5, 5.41) is 2.78. The molecule has 13 heavy (non-hydrogen) atoms. The van der Waals surface area contributed by atoms with Gasteiger partial charge < -0.3 is 10.1 Å². The van der Waals surface area contributed by atoms with E-state index >= 15 is 0 Å². The number of nitrogens with one attached hydrogen (secondary N) is 1. The van der Waals surface area contributed by atoms with Crippen LogP contribution in [0.15, 0.2) is 0 Å². The van der Waals surface area contributed by atoms with Crippen molar-refractivity contribution in [2.24, 2.45) is 0 Å². The Labute approximate surface area is 80.8 Å². The molecule has 78 valence electrons. The average Bonchev–Trinajstić information content (AvgIpc) is 1.98. The molecule has 1 atom stereocenters. The first-order valence-electron chi connectivity index (χ1n) is 5.01. The average molecular weight is 187 g/mol. The lowest BCUT2D eigenvalue weighted by atomic mass is 10.2. The fourth-order valence-corrected chi connectivity index (χ4v) is 1.08. The molecule has 0 spiro atoms. The van der Waals surface area contributed by atoms with Crippen molar-refractivity contribution in [3.05, 3.63) is 0 Å². The Morgan fingerprint density at radius 3 is 2.46 bits per heavy atom. The van der Waals surface area contributed by atoms with Crippen molar-refractivity contribution in [2.45, 2.75) is 59.3 Å². The molecule has 0 aliphatic rings. The van der Waals surface area contributed by atoms with Gasteiger partial charge in [0, 0.05) is 6.42 Å². The smallest absolute Gasteiger partial charge is 0.221 e. The van der Waals surface area contributed by atoms with Crippen LogP contribution in [-0.4, -0.2) is 18.2 Å². The summed E-state index contributed by atoms with van der Waals surface area (Å²) < 4.78 is 5.37. The SMILES string of the molecule is CCCCC(=O)NC(C)OC(C)C. The zero-order chi connectivity index (χ0) is 10.3. The highest BCUT2D eigenvalue weighted by Crippen LogP contribution is 1.97. The highest BCUT2D eigenvalue weighted by Gasteiger charge is 2.07. The van der Waals surface area contributed by atoms with Crippen molar-refractivity contribution in [1.82, 2.24) is 5.32 Å². The van der Waals surface area contributed by atoms with Crippen LogP contribution in [-0.2, 0) is 9.53 Å². The van der Waals surface area contributed by atoms with Gasteiger partial charge in [0.1, 0.15) is 6.23 Å². The molecule has 0 aromatic rings. The normalized spacial score (nSPS) is 13.0. The van der Waals surface area contributed by atoms with Crippen LogP contribution < -0.4 is 5.32 Å². The van der Waals surface area contributed by atoms with E-state index in [9.17, 15) is 4.79 Å². The molecule has 1 unspecified atom stereocenters. The van der Waals surface area contributed by atoms with Crippen LogP contribution in [0, 0.1) is 0 Å². The number of ether oxygens (including phenoxy) is 1. The van der Waals surface area contributed by atoms with Crippen LogP contribution in [0.3, 0.4) is 0 Å². The minimum absolute atomic E-state index is 0.0787. The highest BCUT2D eigenvalue weighted by molar-refractivity contribution is 5.75. The molecule has 0 saturated heterocycles. The standard InChI is InChI=1S/C10H21NO2/c1-5-6-7-10(12)11-9(4)13-8(2)3/h8-9H,5-7H2,1-4H3,(H,11,12). The van der Waals surface area contributed by atoms with Crippen molar-refractivity contribution < 1.29 is 9.53 Å². The van der Waals surface area contributed by atoms with Gasteiger partial charge in [0.25, 0.3) is 0 Å². The van der Waals surface area contributed by atoms with Crippen molar-refractivity contribution >= 4 is 5.91 Å². The van der Waals surface area contributed by atoms with Crippen molar-refractivity contribution in [2.75, 3.05) is 0 Å². The molecular weight excluding hydrogens is 166 g/mol. The number of rotatable bonds is 6. The lowest BCUT2D eigenvalue weighted by molar-refractivity contribution is -0.126. The number of carbonyl (C=O) groups is 1. The fourth-order valence-electron chi connectivity index (χ4n) is 1.08. The van der Waals surface area contributed by atoms with Crippen LogP contribution in [0.4, 0.5) is 0 Å². The first-order chi connectivity index (χ1) is 6.06. The van der Waals surface area contributed by atoms with Crippen LogP contribution in [0.5, 0.6) is 0 Å². The molecule has 0 aromatic heterocycles. The van der Waals surface area contributed by atoms with Gasteiger partial charge in [-0.05, 0) is 27.2 Å². The van der Waals surface area contributed by atoms with E-state index in [1.54, 1.807) is 0 Å². The van der Waals surface area contributed by atoms with Gasteiger partial charge in [-0.15, -0.1) is 0 Å². The molecule has 0 saturated carbocycles. The summed E-state index contributed by atoms with van der Waals surface area (Å²) in [6.45, 7) is 7.83. The summed E-state index contributed by atoms with van der Waals surface area (Å²) in [6.07, 6.45) is 2.57. The minimum Gasteiger partial charge on any atom is -0.356 e. The van der Waals surface area contributed by atoms with Gasteiger partial charge in [-0.2, -0.15) is 0 Å². The molecule has 0 rings (SSSR count). The van der Waals surface area contributed by atoms with E-state index in [1.165, 1.54) is 0 Å². The summed E-state index contributed by atoms with van der Waals surface area (Å²) in [7, 11) is 0. The molecule has 0 aliphatic carbocycles. The van der Waals surface area contributed by atoms with Gasteiger partial charge in [-0.1, -0.05) is 13.3 Å². The van der Waals surface area contributed by atoms with E-state index in [4.69, 9.17) is 4.74 Å². The maximum Gasteiger partial charge on any atom is 0.221 e. The third-order valence-electron chi connectivity index (χ3n) is 1.60. The molecule has 0 fully saturated rings. The molecule has 1 N–H and O–H groups in total. The van der Waals surface area contributed by atoms with Gasteiger partial charge in [0.2, 0.25) is 5.91 Å². The van der Waals surface area contributed by atoms with Crippen LogP contribution in [0.2, 0.25) is 0 Å². The molecule has 1 amide bonds. The quantitative estimate of drug-likeness (QED) is 0.646. The Hall–Kier alpha value is -0.570. The number of unbranched alkanes of at least 4 members (excludes halogenated alkanes) is 1. The van der Waals surface area contributed by atoms with Gasteiger partial charge in [0.05, 0.1) is 6.10 Å². The number of hydrogen-bond donors (Lipinski definition) is 1. The van der Waals surface area contributed by atoms with E-state index in [1.807, 2.05) is 20.8 Å². The van der Waals surface area contributed by atoms with E-state index < -0.39 is 0 Å². The minimum atomic E-state index is -0.177. The Bertz CT molecular complexity index is 146. The second kappa shape index (κ2) is 6.89. The van der Waals surface area contributed by atoms with Crippen LogP contribution in [0.25, 0.3) is 0 Å². The first kappa shape index (κ1) is 12.4. The lowest BCUT2D eigenvalue weighted by Gasteiger charge is -2.17. The molecule has 3 nitrogen and oxygen atoms in total. The van der Waals surface area contributed by atoms with Crippen LogP contribution in [0.1, 0.15) is 47.0 Å². The third-order valence-corrected chi connectivity index (χ3v) is 1.60. The molecule has 0 aliphatic heterocycles. The topological polar surface area (TPSA) is 38.3 Å². The molecule has 3 heteroatoms.